The van der Waals surface area contributed by atoms with Crippen molar-refractivity contribution in [2.75, 3.05) is 0 Å². The van der Waals surface area contributed by atoms with Crippen LogP contribution < -0.4 is 0 Å². The lowest BCUT2D eigenvalue weighted by molar-refractivity contribution is -0.172. The van der Waals surface area contributed by atoms with Crippen molar-refractivity contribution in [2.24, 2.45) is 0 Å². The SMILES string of the molecule is CC(=O)c1ccc(C(=O)O)cc1.CC(=O)c1ccc(C(=O)ON2C(=O)CCC2=O)cc1. The molecule has 1 N–H and O–H groups in total. The Morgan fingerprint density at radius 2 is 1.06 bits per heavy atom. The van der Waals surface area contributed by atoms with Crippen molar-refractivity contribution >= 4 is 35.3 Å². The maximum Gasteiger partial charge on any atom is 0.363 e. The van der Waals surface area contributed by atoms with Crippen molar-refractivity contribution in [1.82, 2.24) is 5.06 Å². The number of hydroxylamine groups is 2. The maximum atomic E-state index is 11.7. The fourth-order valence-corrected chi connectivity index (χ4v) is 2.48. The molecule has 1 heterocycles. The third-order valence-electron chi connectivity index (χ3n) is 4.25. The summed E-state index contributed by atoms with van der Waals surface area (Å²) in [5.41, 5.74) is 1.35. The molecule has 1 aliphatic rings. The van der Waals surface area contributed by atoms with Gasteiger partial charge >= 0.3 is 11.9 Å². The second kappa shape index (κ2) is 10.1. The van der Waals surface area contributed by atoms with E-state index in [1.165, 1.54) is 62.4 Å². The van der Waals surface area contributed by atoms with Gasteiger partial charge in [0.2, 0.25) is 0 Å². The van der Waals surface area contributed by atoms with Gasteiger partial charge in [-0.25, -0.2) is 9.59 Å². The number of imide groups is 1. The van der Waals surface area contributed by atoms with Gasteiger partial charge in [0.05, 0.1) is 11.1 Å². The number of rotatable bonds is 5. The Bertz CT molecular complexity index is 989. The van der Waals surface area contributed by atoms with Crippen LogP contribution >= 0.6 is 0 Å². The van der Waals surface area contributed by atoms with E-state index in [1.54, 1.807) is 0 Å². The van der Waals surface area contributed by atoms with Gasteiger partial charge in [-0.2, -0.15) is 0 Å². The summed E-state index contributed by atoms with van der Waals surface area (Å²) in [7, 11) is 0. The number of amides is 2. The minimum atomic E-state index is -0.981. The van der Waals surface area contributed by atoms with Gasteiger partial charge in [0.25, 0.3) is 11.8 Å². The summed E-state index contributed by atoms with van der Waals surface area (Å²) in [6.45, 7) is 2.85. The summed E-state index contributed by atoms with van der Waals surface area (Å²) >= 11 is 0. The van der Waals surface area contributed by atoms with Crippen LogP contribution in [0.5, 0.6) is 0 Å². The summed E-state index contributed by atoms with van der Waals surface area (Å²) in [6.07, 6.45) is 0.102. The predicted octanol–water partition coefficient (Wildman–Crippen LogP) is 2.70. The Hall–Kier alpha value is -4.14. The number of hydrogen-bond acceptors (Lipinski definition) is 7. The Morgan fingerprint density at radius 3 is 1.42 bits per heavy atom. The minimum absolute atomic E-state index is 0.0510. The molecule has 31 heavy (non-hydrogen) atoms. The van der Waals surface area contributed by atoms with Gasteiger partial charge in [-0.3, -0.25) is 19.2 Å². The zero-order valence-corrected chi connectivity index (χ0v) is 16.8. The fourth-order valence-electron chi connectivity index (χ4n) is 2.48. The van der Waals surface area contributed by atoms with Gasteiger partial charge in [0.15, 0.2) is 11.6 Å². The highest BCUT2D eigenvalue weighted by Crippen LogP contribution is 2.14. The van der Waals surface area contributed by atoms with Crippen molar-refractivity contribution in [3.63, 3.8) is 0 Å². The molecule has 9 heteroatoms. The van der Waals surface area contributed by atoms with Crippen LogP contribution in [0.25, 0.3) is 0 Å². The number of carboxylic acid groups (broad SMARTS) is 1. The zero-order valence-electron chi connectivity index (χ0n) is 16.8. The molecule has 0 saturated carbocycles. The molecule has 0 aromatic heterocycles. The van der Waals surface area contributed by atoms with E-state index in [0.717, 1.165) is 0 Å². The van der Waals surface area contributed by atoms with E-state index in [-0.39, 0.29) is 35.5 Å². The van der Waals surface area contributed by atoms with E-state index in [1.807, 2.05) is 0 Å². The highest BCUT2D eigenvalue weighted by molar-refractivity contribution is 6.03. The molecular formula is C22H19NO8. The van der Waals surface area contributed by atoms with Gasteiger partial charge in [-0.15, -0.1) is 5.06 Å². The highest BCUT2D eigenvalue weighted by Gasteiger charge is 2.33. The van der Waals surface area contributed by atoms with Gasteiger partial charge in [-0.05, 0) is 38.1 Å². The summed E-state index contributed by atoms with van der Waals surface area (Å²) < 4.78 is 0. The molecule has 0 radical (unpaired) electrons. The van der Waals surface area contributed by atoms with Crippen LogP contribution in [0.4, 0.5) is 0 Å². The van der Waals surface area contributed by atoms with Crippen LogP contribution in [-0.2, 0) is 14.4 Å². The Labute approximate surface area is 177 Å². The van der Waals surface area contributed by atoms with Crippen molar-refractivity contribution in [2.45, 2.75) is 26.7 Å². The van der Waals surface area contributed by atoms with Crippen LogP contribution in [0, 0.1) is 0 Å². The number of ketones is 2. The van der Waals surface area contributed by atoms with Gasteiger partial charge in [0, 0.05) is 24.0 Å². The monoisotopic (exact) mass is 425 g/mol. The first-order chi connectivity index (χ1) is 14.6. The first-order valence-electron chi connectivity index (χ1n) is 9.13. The lowest BCUT2D eigenvalue weighted by Crippen LogP contribution is -2.32. The summed E-state index contributed by atoms with van der Waals surface area (Å²) in [6, 6.07) is 11.6. The van der Waals surface area contributed by atoms with E-state index in [4.69, 9.17) is 9.94 Å². The summed E-state index contributed by atoms with van der Waals surface area (Å²) in [4.78, 5) is 71.3. The molecule has 2 amide bonds. The zero-order chi connectivity index (χ0) is 23.1. The third kappa shape index (κ3) is 6.17. The average Bonchev–Trinajstić information content (AvgIpc) is 3.06. The number of benzene rings is 2. The number of hydrogen-bond donors (Lipinski definition) is 1. The highest BCUT2D eigenvalue weighted by atomic mass is 16.7. The van der Waals surface area contributed by atoms with Gasteiger partial charge < -0.3 is 9.94 Å². The normalized spacial score (nSPS) is 12.6. The molecule has 1 saturated heterocycles. The van der Waals surface area contributed by atoms with Crippen LogP contribution in [0.15, 0.2) is 48.5 Å². The third-order valence-corrected chi connectivity index (χ3v) is 4.25. The molecule has 0 spiro atoms. The second-order valence-corrected chi connectivity index (χ2v) is 6.53. The van der Waals surface area contributed by atoms with Crippen molar-refractivity contribution in [3.8, 4) is 0 Å². The average molecular weight is 425 g/mol. The molecule has 3 rings (SSSR count). The fraction of sp³-hybridized carbons (Fsp3) is 0.182. The van der Waals surface area contributed by atoms with Crippen molar-refractivity contribution < 1.29 is 38.7 Å². The summed E-state index contributed by atoms with van der Waals surface area (Å²) in [5, 5.41) is 9.02. The number of carboxylic acids is 1. The van der Waals surface area contributed by atoms with Crippen molar-refractivity contribution in [1.29, 1.82) is 0 Å². The number of Topliss-reactive ketones (excluding diaryl/α,β-unsaturated/α-hetero) is 2. The van der Waals surface area contributed by atoms with Crippen molar-refractivity contribution in [3.05, 3.63) is 70.8 Å². The maximum absolute atomic E-state index is 11.7. The number of carbonyl (C=O) groups excluding carboxylic acids is 5. The smallest absolute Gasteiger partial charge is 0.363 e. The standard InChI is InChI=1S/C13H11NO5.C9H8O3/c1-8(15)9-2-4-10(5-3-9)13(18)19-14-11(16)6-7-12(14)17;1-6(10)7-2-4-8(5-3-7)9(11)12/h2-5H,6-7H2,1H3;2-5H,1H3,(H,11,12). The van der Waals surface area contributed by atoms with Crippen LogP contribution in [0.1, 0.15) is 68.1 Å². The molecule has 0 bridgehead atoms. The molecule has 0 atom stereocenters. The van der Waals surface area contributed by atoms with E-state index >= 15 is 0 Å². The van der Waals surface area contributed by atoms with Crippen LogP contribution in [0.3, 0.4) is 0 Å². The lowest BCUT2D eigenvalue weighted by atomic mass is 10.1. The minimum Gasteiger partial charge on any atom is -0.478 e. The molecular weight excluding hydrogens is 406 g/mol. The second-order valence-electron chi connectivity index (χ2n) is 6.53. The molecule has 0 unspecified atom stereocenters. The first kappa shape index (κ1) is 23.1. The predicted molar refractivity (Wildman–Crippen MR) is 106 cm³/mol. The molecule has 9 nitrogen and oxygen atoms in total. The molecule has 0 aliphatic carbocycles. The number of aromatic carboxylic acids is 1. The van der Waals surface area contributed by atoms with Crippen LogP contribution in [-0.4, -0.2) is 45.5 Å². The number of nitrogens with zero attached hydrogens (tertiary/aromatic N) is 1. The molecule has 160 valence electrons. The quantitative estimate of drug-likeness (QED) is 0.571. The van der Waals surface area contributed by atoms with Crippen LogP contribution in [0.2, 0.25) is 0 Å². The first-order valence-corrected chi connectivity index (χ1v) is 9.13. The largest absolute Gasteiger partial charge is 0.478 e. The lowest BCUT2D eigenvalue weighted by Gasteiger charge is -2.12. The molecule has 2 aromatic rings. The van der Waals surface area contributed by atoms with Gasteiger partial charge in [0.1, 0.15) is 0 Å². The van der Waals surface area contributed by atoms with E-state index in [2.05, 4.69) is 0 Å². The van der Waals surface area contributed by atoms with Gasteiger partial charge in [-0.1, -0.05) is 24.3 Å². The Balaban J connectivity index is 0.000000245. The van der Waals surface area contributed by atoms with E-state index in [9.17, 15) is 28.8 Å². The topological polar surface area (TPSA) is 135 Å². The van der Waals surface area contributed by atoms with E-state index < -0.39 is 23.8 Å². The Kier molecular flexibility index (Phi) is 7.51. The van der Waals surface area contributed by atoms with E-state index in [0.29, 0.717) is 16.2 Å². The molecule has 1 fully saturated rings. The number of carbonyl (C=O) groups is 6. The summed E-state index contributed by atoms with van der Waals surface area (Å²) in [5.74, 6) is -3.03. The molecule has 1 aliphatic heterocycles. The molecule has 2 aromatic carbocycles. The Morgan fingerprint density at radius 1 is 0.710 bits per heavy atom.